The van der Waals surface area contributed by atoms with Gasteiger partial charge in [-0.3, -0.25) is 0 Å². The smallest absolute Gasteiger partial charge is 0.127 e. The number of hydrogen-bond acceptors (Lipinski definition) is 1. The van der Waals surface area contributed by atoms with Crippen LogP contribution in [-0.2, 0) is 0 Å². The van der Waals surface area contributed by atoms with E-state index in [1.54, 1.807) is 0 Å². The van der Waals surface area contributed by atoms with Crippen molar-refractivity contribution < 1.29 is 0 Å². The average Bonchev–Trinajstić information content (AvgIpc) is 2.86. The van der Waals surface area contributed by atoms with Gasteiger partial charge in [0.05, 0.1) is 16.4 Å². The number of para-hydroxylation sites is 1. The molecule has 1 aliphatic rings. The average molecular weight is 249 g/mol. The summed E-state index contributed by atoms with van der Waals surface area (Å²) in [4.78, 5) is 4.70. The monoisotopic (exact) mass is 248 g/mol. The van der Waals surface area contributed by atoms with Crippen molar-refractivity contribution >= 4 is 22.6 Å². The topological polar surface area (TPSA) is 17.8 Å². The summed E-state index contributed by atoms with van der Waals surface area (Å²) in [5.41, 5.74) is 3.63. The standard InChI is InChI=1S/C14H17ClN2/c1-8-5-4-6-11-13(8)17(12-7-9(12)2)14(16-11)10(3)15/h4-6,9-10,12H,7H2,1-3H3. The van der Waals surface area contributed by atoms with Gasteiger partial charge in [0.1, 0.15) is 5.82 Å². The summed E-state index contributed by atoms with van der Waals surface area (Å²) < 4.78 is 2.37. The predicted octanol–water partition coefficient (Wildman–Crippen LogP) is 4.23. The summed E-state index contributed by atoms with van der Waals surface area (Å²) in [6.07, 6.45) is 1.25. The van der Waals surface area contributed by atoms with Gasteiger partial charge in [-0.1, -0.05) is 19.1 Å². The third-order valence-corrected chi connectivity index (χ3v) is 3.89. The second kappa shape index (κ2) is 3.74. The Morgan fingerprint density at radius 3 is 2.76 bits per heavy atom. The molecular formula is C14H17ClN2. The largest absolute Gasteiger partial charge is 0.323 e. The Morgan fingerprint density at radius 2 is 2.18 bits per heavy atom. The van der Waals surface area contributed by atoms with Crippen molar-refractivity contribution in [2.75, 3.05) is 0 Å². The van der Waals surface area contributed by atoms with E-state index in [0.29, 0.717) is 6.04 Å². The maximum atomic E-state index is 6.27. The minimum atomic E-state index is -0.0328. The highest BCUT2D eigenvalue weighted by Crippen LogP contribution is 2.46. The van der Waals surface area contributed by atoms with E-state index in [0.717, 1.165) is 17.3 Å². The molecule has 0 radical (unpaired) electrons. The molecule has 1 fully saturated rings. The van der Waals surface area contributed by atoms with Gasteiger partial charge in [0.25, 0.3) is 0 Å². The molecule has 17 heavy (non-hydrogen) atoms. The summed E-state index contributed by atoms with van der Waals surface area (Å²) >= 11 is 6.27. The van der Waals surface area contributed by atoms with Crippen LogP contribution in [0.2, 0.25) is 0 Å². The van der Waals surface area contributed by atoms with E-state index in [4.69, 9.17) is 16.6 Å². The number of fused-ring (bicyclic) bond motifs is 1. The van der Waals surface area contributed by atoms with Gasteiger partial charge in [-0.2, -0.15) is 0 Å². The zero-order chi connectivity index (χ0) is 12.2. The first-order valence-corrected chi connectivity index (χ1v) is 6.64. The van der Waals surface area contributed by atoms with Crippen molar-refractivity contribution in [1.29, 1.82) is 0 Å². The molecule has 2 nitrogen and oxygen atoms in total. The maximum absolute atomic E-state index is 6.27. The van der Waals surface area contributed by atoms with Crippen LogP contribution in [0.25, 0.3) is 11.0 Å². The van der Waals surface area contributed by atoms with Crippen LogP contribution in [0.15, 0.2) is 18.2 Å². The molecule has 0 saturated heterocycles. The number of imidazole rings is 1. The van der Waals surface area contributed by atoms with Crippen LogP contribution in [0.4, 0.5) is 0 Å². The number of alkyl halides is 1. The molecule has 3 unspecified atom stereocenters. The van der Waals surface area contributed by atoms with Crippen LogP contribution in [0.5, 0.6) is 0 Å². The number of rotatable bonds is 2. The van der Waals surface area contributed by atoms with E-state index in [2.05, 4.69) is 36.6 Å². The van der Waals surface area contributed by atoms with E-state index in [-0.39, 0.29) is 5.38 Å². The molecule has 90 valence electrons. The zero-order valence-electron chi connectivity index (χ0n) is 10.4. The number of aromatic nitrogens is 2. The highest BCUT2D eigenvalue weighted by molar-refractivity contribution is 6.20. The Hall–Kier alpha value is -1.02. The summed E-state index contributed by atoms with van der Waals surface area (Å²) in [6, 6.07) is 6.89. The van der Waals surface area contributed by atoms with Crippen molar-refractivity contribution in [3.63, 3.8) is 0 Å². The number of benzene rings is 1. The first-order chi connectivity index (χ1) is 8.09. The lowest BCUT2D eigenvalue weighted by Crippen LogP contribution is -2.03. The first kappa shape index (κ1) is 11.1. The van der Waals surface area contributed by atoms with Crippen molar-refractivity contribution in [3.8, 4) is 0 Å². The zero-order valence-corrected chi connectivity index (χ0v) is 11.2. The maximum Gasteiger partial charge on any atom is 0.127 e. The van der Waals surface area contributed by atoms with Gasteiger partial charge in [0, 0.05) is 6.04 Å². The van der Waals surface area contributed by atoms with E-state index in [1.165, 1.54) is 17.5 Å². The van der Waals surface area contributed by atoms with Crippen LogP contribution in [0.1, 0.15) is 43.1 Å². The second-order valence-electron chi connectivity index (χ2n) is 5.18. The van der Waals surface area contributed by atoms with Crippen LogP contribution in [-0.4, -0.2) is 9.55 Å². The minimum absolute atomic E-state index is 0.0328. The second-order valence-corrected chi connectivity index (χ2v) is 5.83. The summed E-state index contributed by atoms with van der Waals surface area (Å²) in [6.45, 7) is 6.44. The number of halogens is 1. The molecule has 0 aliphatic heterocycles. The lowest BCUT2D eigenvalue weighted by atomic mass is 10.2. The minimum Gasteiger partial charge on any atom is -0.323 e. The summed E-state index contributed by atoms with van der Waals surface area (Å²) in [5.74, 6) is 1.77. The molecule has 1 heterocycles. The molecule has 1 aromatic carbocycles. The van der Waals surface area contributed by atoms with Crippen molar-refractivity contribution in [2.45, 2.75) is 38.6 Å². The summed E-state index contributed by atoms with van der Waals surface area (Å²) in [7, 11) is 0. The fraction of sp³-hybridized carbons (Fsp3) is 0.500. The molecule has 1 aromatic heterocycles. The third-order valence-electron chi connectivity index (χ3n) is 3.69. The van der Waals surface area contributed by atoms with Gasteiger partial charge in [0.15, 0.2) is 0 Å². The number of aryl methyl sites for hydroxylation is 1. The molecule has 0 N–H and O–H groups in total. The number of nitrogens with zero attached hydrogens (tertiary/aromatic N) is 2. The van der Waals surface area contributed by atoms with Crippen LogP contribution in [0, 0.1) is 12.8 Å². The first-order valence-electron chi connectivity index (χ1n) is 6.21. The molecule has 0 bridgehead atoms. The molecule has 1 saturated carbocycles. The Balaban J connectivity index is 2.30. The fourth-order valence-corrected chi connectivity index (χ4v) is 2.77. The van der Waals surface area contributed by atoms with Crippen molar-refractivity contribution in [3.05, 3.63) is 29.6 Å². The van der Waals surface area contributed by atoms with E-state index < -0.39 is 0 Å². The van der Waals surface area contributed by atoms with Gasteiger partial charge >= 0.3 is 0 Å². The third kappa shape index (κ3) is 1.66. The molecular weight excluding hydrogens is 232 g/mol. The van der Waals surface area contributed by atoms with Crippen LogP contribution >= 0.6 is 11.6 Å². The van der Waals surface area contributed by atoms with Crippen LogP contribution < -0.4 is 0 Å². The Morgan fingerprint density at radius 1 is 1.47 bits per heavy atom. The van der Waals surface area contributed by atoms with E-state index >= 15 is 0 Å². The molecule has 1 aliphatic carbocycles. The van der Waals surface area contributed by atoms with Crippen molar-refractivity contribution in [1.82, 2.24) is 9.55 Å². The lowest BCUT2D eigenvalue weighted by molar-refractivity contribution is 0.658. The summed E-state index contributed by atoms with van der Waals surface area (Å²) in [5, 5.41) is -0.0328. The highest BCUT2D eigenvalue weighted by Gasteiger charge is 2.37. The Labute approximate surface area is 107 Å². The van der Waals surface area contributed by atoms with Gasteiger partial charge < -0.3 is 4.57 Å². The molecule has 0 amide bonds. The number of hydrogen-bond donors (Lipinski definition) is 0. The molecule has 3 rings (SSSR count). The normalized spacial score (nSPS) is 25.2. The highest BCUT2D eigenvalue weighted by atomic mass is 35.5. The predicted molar refractivity (Wildman–Crippen MR) is 71.6 cm³/mol. The SMILES string of the molecule is Cc1cccc2nc(C(C)Cl)n(C3CC3C)c12. The van der Waals surface area contributed by atoms with Gasteiger partial charge in [0.2, 0.25) is 0 Å². The lowest BCUT2D eigenvalue weighted by Gasteiger charge is -2.10. The quantitative estimate of drug-likeness (QED) is 0.728. The van der Waals surface area contributed by atoms with Crippen LogP contribution in [0.3, 0.4) is 0 Å². The molecule has 3 atom stereocenters. The molecule has 3 heteroatoms. The van der Waals surface area contributed by atoms with Gasteiger partial charge in [-0.15, -0.1) is 11.6 Å². The fourth-order valence-electron chi connectivity index (χ4n) is 2.62. The van der Waals surface area contributed by atoms with E-state index in [9.17, 15) is 0 Å². The van der Waals surface area contributed by atoms with Gasteiger partial charge in [-0.05, 0) is 37.8 Å². The Kier molecular flexibility index (Phi) is 2.44. The van der Waals surface area contributed by atoms with E-state index in [1.807, 2.05) is 6.92 Å². The van der Waals surface area contributed by atoms with Gasteiger partial charge in [-0.25, -0.2) is 4.98 Å². The molecule has 0 spiro atoms. The Bertz CT molecular complexity index is 571. The van der Waals surface area contributed by atoms with Crippen molar-refractivity contribution in [2.24, 2.45) is 5.92 Å². The molecule has 2 aromatic rings.